The van der Waals surface area contributed by atoms with E-state index in [1.807, 2.05) is 0 Å². The molecule has 1 aliphatic rings. The zero-order valence-corrected chi connectivity index (χ0v) is 13.2. The van der Waals surface area contributed by atoms with Crippen molar-refractivity contribution in [2.24, 2.45) is 5.92 Å². The highest BCUT2D eigenvalue weighted by Gasteiger charge is 2.17. The van der Waals surface area contributed by atoms with E-state index in [4.69, 9.17) is 0 Å². The number of carbonyl (C=O) groups is 1. The Bertz CT molecular complexity index is 389. The molecule has 0 aromatic carbocycles. The first-order valence-corrected chi connectivity index (χ1v) is 8.81. The van der Waals surface area contributed by atoms with Crippen molar-refractivity contribution in [1.82, 2.24) is 9.62 Å². The molecule has 0 aromatic rings. The molecule has 20 heavy (non-hydrogen) atoms. The molecule has 1 aliphatic heterocycles. The molecule has 1 heterocycles. The Morgan fingerprint density at radius 2 is 2.00 bits per heavy atom. The average Bonchev–Trinajstić information content (AvgIpc) is 2.40. The SMILES string of the molecule is COC(=O)CCCS(=O)(=O)NCCC1CCN(C)CC1. The quantitative estimate of drug-likeness (QED) is 0.664. The normalized spacial score (nSPS) is 18.1. The Kier molecular flexibility index (Phi) is 7.47. The lowest BCUT2D eigenvalue weighted by Gasteiger charge is -2.28. The van der Waals surface area contributed by atoms with Crippen LogP contribution in [-0.4, -0.2) is 58.8 Å². The molecule has 1 saturated heterocycles. The van der Waals surface area contributed by atoms with Crippen LogP contribution in [0, 0.1) is 5.92 Å². The van der Waals surface area contributed by atoms with E-state index in [1.54, 1.807) is 0 Å². The van der Waals surface area contributed by atoms with Crippen LogP contribution in [-0.2, 0) is 19.6 Å². The number of methoxy groups -OCH3 is 1. The van der Waals surface area contributed by atoms with E-state index in [-0.39, 0.29) is 18.1 Å². The summed E-state index contributed by atoms with van der Waals surface area (Å²) in [6.45, 7) is 2.68. The molecular weight excluding hydrogens is 280 g/mol. The number of ether oxygens (including phenoxy) is 1. The lowest BCUT2D eigenvalue weighted by atomic mass is 9.94. The second kappa shape index (κ2) is 8.59. The van der Waals surface area contributed by atoms with Gasteiger partial charge in [0.25, 0.3) is 0 Å². The van der Waals surface area contributed by atoms with Gasteiger partial charge in [0.2, 0.25) is 10.0 Å². The van der Waals surface area contributed by atoms with Crippen LogP contribution in [0.2, 0.25) is 0 Å². The van der Waals surface area contributed by atoms with Gasteiger partial charge in [0.1, 0.15) is 0 Å². The fourth-order valence-electron chi connectivity index (χ4n) is 2.35. The van der Waals surface area contributed by atoms with Gasteiger partial charge in [-0.3, -0.25) is 4.79 Å². The molecule has 1 N–H and O–H groups in total. The van der Waals surface area contributed by atoms with Crippen molar-refractivity contribution in [3.8, 4) is 0 Å². The van der Waals surface area contributed by atoms with Gasteiger partial charge in [-0.05, 0) is 51.7 Å². The zero-order chi connectivity index (χ0) is 15.0. The lowest BCUT2D eigenvalue weighted by Crippen LogP contribution is -2.33. The van der Waals surface area contributed by atoms with Gasteiger partial charge in [-0.15, -0.1) is 0 Å². The highest BCUT2D eigenvalue weighted by atomic mass is 32.2. The highest BCUT2D eigenvalue weighted by Crippen LogP contribution is 2.18. The van der Waals surface area contributed by atoms with Crippen LogP contribution in [0.3, 0.4) is 0 Å². The van der Waals surface area contributed by atoms with E-state index < -0.39 is 10.0 Å². The molecule has 0 atom stereocenters. The van der Waals surface area contributed by atoms with E-state index in [9.17, 15) is 13.2 Å². The minimum Gasteiger partial charge on any atom is -0.469 e. The highest BCUT2D eigenvalue weighted by molar-refractivity contribution is 7.89. The van der Waals surface area contributed by atoms with Gasteiger partial charge in [-0.25, -0.2) is 13.1 Å². The van der Waals surface area contributed by atoms with E-state index in [2.05, 4.69) is 21.4 Å². The van der Waals surface area contributed by atoms with Gasteiger partial charge in [0, 0.05) is 13.0 Å². The first-order valence-electron chi connectivity index (χ1n) is 7.15. The molecule has 0 unspecified atom stereocenters. The first-order chi connectivity index (χ1) is 9.43. The second-order valence-electron chi connectivity index (χ2n) is 5.43. The van der Waals surface area contributed by atoms with Crippen LogP contribution >= 0.6 is 0 Å². The van der Waals surface area contributed by atoms with Crippen molar-refractivity contribution in [2.75, 3.05) is 39.5 Å². The lowest BCUT2D eigenvalue weighted by molar-refractivity contribution is -0.140. The van der Waals surface area contributed by atoms with Crippen molar-refractivity contribution >= 4 is 16.0 Å². The first kappa shape index (κ1) is 17.4. The number of esters is 1. The molecule has 6 nitrogen and oxygen atoms in total. The summed E-state index contributed by atoms with van der Waals surface area (Å²) in [6.07, 6.45) is 3.62. The minimum atomic E-state index is -3.27. The number of carbonyl (C=O) groups excluding carboxylic acids is 1. The maximum Gasteiger partial charge on any atom is 0.305 e. The summed E-state index contributed by atoms with van der Waals surface area (Å²) in [5.74, 6) is 0.227. The zero-order valence-electron chi connectivity index (χ0n) is 12.4. The van der Waals surface area contributed by atoms with Crippen molar-refractivity contribution in [2.45, 2.75) is 32.1 Å². The maximum absolute atomic E-state index is 11.7. The third-order valence-electron chi connectivity index (χ3n) is 3.73. The van der Waals surface area contributed by atoms with Gasteiger partial charge >= 0.3 is 5.97 Å². The van der Waals surface area contributed by atoms with Crippen molar-refractivity contribution in [1.29, 1.82) is 0 Å². The molecule has 1 fully saturated rings. The molecule has 0 saturated carbocycles. The third-order valence-corrected chi connectivity index (χ3v) is 5.20. The Labute approximate surface area is 121 Å². The standard InChI is InChI=1S/C13H26N2O4S/c1-15-9-6-12(7-10-15)5-8-14-20(17,18)11-3-4-13(16)19-2/h12,14H,3-11H2,1-2H3. The molecule has 0 aliphatic carbocycles. The average molecular weight is 306 g/mol. The topological polar surface area (TPSA) is 75.7 Å². The number of likely N-dealkylation sites (tertiary alicyclic amines) is 1. The molecule has 118 valence electrons. The fraction of sp³-hybridized carbons (Fsp3) is 0.923. The molecule has 0 spiro atoms. The monoisotopic (exact) mass is 306 g/mol. The largest absolute Gasteiger partial charge is 0.469 e. The maximum atomic E-state index is 11.7. The molecule has 0 radical (unpaired) electrons. The van der Waals surface area contributed by atoms with E-state index in [0.717, 1.165) is 32.4 Å². The predicted octanol–water partition coefficient (Wildman–Crippen LogP) is 0.591. The van der Waals surface area contributed by atoms with Gasteiger partial charge in [-0.1, -0.05) is 0 Å². The number of hydrogen-bond acceptors (Lipinski definition) is 5. The molecular formula is C13H26N2O4S. The molecule has 1 rings (SSSR count). The summed E-state index contributed by atoms with van der Waals surface area (Å²) in [5, 5.41) is 0. The molecule has 0 bridgehead atoms. The van der Waals surface area contributed by atoms with Crippen LogP contribution < -0.4 is 4.72 Å². The van der Waals surface area contributed by atoms with Gasteiger partial charge in [-0.2, -0.15) is 0 Å². The smallest absolute Gasteiger partial charge is 0.305 e. The summed E-state index contributed by atoms with van der Waals surface area (Å²) in [5.41, 5.74) is 0. The van der Waals surface area contributed by atoms with E-state index in [0.29, 0.717) is 18.9 Å². The van der Waals surface area contributed by atoms with Crippen molar-refractivity contribution < 1.29 is 17.9 Å². The van der Waals surface area contributed by atoms with E-state index in [1.165, 1.54) is 7.11 Å². The predicted molar refractivity (Wildman–Crippen MR) is 77.9 cm³/mol. The van der Waals surface area contributed by atoms with Gasteiger partial charge in [0.05, 0.1) is 12.9 Å². The number of nitrogens with one attached hydrogen (secondary N) is 1. The van der Waals surface area contributed by atoms with Crippen molar-refractivity contribution in [3.63, 3.8) is 0 Å². The number of rotatable bonds is 8. The number of piperidine rings is 1. The van der Waals surface area contributed by atoms with Crippen molar-refractivity contribution in [3.05, 3.63) is 0 Å². The summed E-state index contributed by atoms with van der Waals surface area (Å²) < 4.78 is 30.5. The molecule has 7 heteroatoms. The summed E-state index contributed by atoms with van der Waals surface area (Å²) in [6, 6.07) is 0. The van der Waals surface area contributed by atoms with Gasteiger partial charge < -0.3 is 9.64 Å². The number of sulfonamides is 1. The summed E-state index contributed by atoms with van der Waals surface area (Å²) >= 11 is 0. The van der Waals surface area contributed by atoms with Crippen LogP contribution in [0.1, 0.15) is 32.1 Å². The molecule has 0 amide bonds. The Morgan fingerprint density at radius 1 is 1.35 bits per heavy atom. The van der Waals surface area contributed by atoms with Crippen LogP contribution in [0.5, 0.6) is 0 Å². The Morgan fingerprint density at radius 3 is 2.60 bits per heavy atom. The second-order valence-corrected chi connectivity index (χ2v) is 7.35. The number of nitrogens with zero attached hydrogens (tertiary/aromatic N) is 1. The van der Waals surface area contributed by atoms with Gasteiger partial charge in [0.15, 0.2) is 0 Å². The minimum absolute atomic E-state index is 0.0183. The van der Waals surface area contributed by atoms with Crippen LogP contribution in [0.25, 0.3) is 0 Å². The number of hydrogen-bond donors (Lipinski definition) is 1. The Hall–Kier alpha value is -0.660. The summed E-state index contributed by atoms with van der Waals surface area (Å²) in [7, 11) is 0.148. The fourth-order valence-corrected chi connectivity index (χ4v) is 3.45. The molecule has 0 aromatic heterocycles. The summed E-state index contributed by atoms with van der Waals surface area (Å²) in [4.78, 5) is 13.2. The van der Waals surface area contributed by atoms with Crippen LogP contribution in [0.15, 0.2) is 0 Å². The van der Waals surface area contributed by atoms with E-state index >= 15 is 0 Å². The van der Waals surface area contributed by atoms with Crippen LogP contribution in [0.4, 0.5) is 0 Å². The Balaban J connectivity index is 2.14. The third kappa shape index (κ3) is 7.21.